The molecule has 0 spiro atoms. The number of benzene rings is 2. The van der Waals surface area contributed by atoms with Crippen LogP contribution in [0.25, 0.3) is 21.9 Å². The normalized spacial score (nSPS) is 12.6. The average Bonchev–Trinajstić information content (AvgIpc) is 3.06. The Kier molecular flexibility index (Phi) is 3.16. The summed E-state index contributed by atoms with van der Waals surface area (Å²) in [5.41, 5.74) is 0.373. The Morgan fingerprint density at radius 1 is 0.917 bits per heavy atom. The maximum absolute atomic E-state index is 13.0. The molecule has 0 radical (unpaired) electrons. The number of hydrogen-bond acceptors (Lipinski definition) is 7. The molecular formula is C17H14O7. The molecule has 3 aromatic rings. The lowest BCUT2D eigenvalue weighted by atomic mass is 10.1. The fourth-order valence-corrected chi connectivity index (χ4v) is 2.84. The number of methoxy groups -OCH3 is 3. The molecule has 0 atom stereocenters. The first kappa shape index (κ1) is 14.5. The SMILES string of the molecule is COc1cc(OC)c2c(=O)c3cc4c(cc3oc2c1OC)OCO4. The highest BCUT2D eigenvalue weighted by molar-refractivity contribution is 5.98. The Morgan fingerprint density at radius 2 is 1.62 bits per heavy atom. The van der Waals surface area contributed by atoms with Gasteiger partial charge in [-0.3, -0.25) is 4.79 Å². The van der Waals surface area contributed by atoms with Crippen LogP contribution < -0.4 is 29.1 Å². The molecule has 0 saturated carbocycles. The van der Waals surface area contributed by atoms with E-state index in [0.717, 1.165) is 0 Å². The van der Waals surface area contributed by atoms with Crippen molar-refractivity contribution in [1.29, 1.82) is 0 Å². The molecule has 0 fully saturated rings. The van der Waals surface area contributed by atoms with Gasteiger partial charge in [0.05, 0.1) is 26.7 Å². The van der Waals surface area contributed by atoms with Gasteiger partial charge in [-0.15, -0.1) is 0 Å². The van der Waals surface area contributed by atoms with Gasteiger partial charge in [0.1, 0.15) is 16.7 Å². The van der Waals surface area contributed by atoms with Crippen LogP contribution in [0.15, 0.2) is 27.4 Å². The summed E-state index contributed by atoms with van der Waals surface area (Å²) >= 11 is 0. The zero-order valence-corrected chi connectivity index (χ0v) is 13.3. The van der Waals surface area contributed by atoms with Gasteiger partial charge in [-0.1, -0.05) is 0 Å². The van der Waals surface area contributed by atoms with E-state index < -0.39 is 0 Å². The van der Waals surface area contributed by atoms with Crippen LogP contribution in [0.5, 0.6) is 28.7 Å². The summed E-state index contributed by atoms with van der Waals surface area (Å²) in [7, 11) is 4.46. The first-order chi connectivity index (χ1) is 11.7. The van der Waals surface area contributed by atoms with E-state index in [1.165, 1.54) is 21.3 Å². The molecule has 0 saturated heterocycles. The highest BCUT2D eigenvalue weighted by Crippen LogP contribution is 2.43. The fourth-order valence-electron chi connectivity index (χ4n) is 2.84. The van der Waals surface area contributed by atoms with Gasteiger partial charge in [0.15, 0.2) is 22.8 Å². The molecule has 1 aromatic heterocycles. The third kappa shape index (κ3) is 1.87. The lowest BCUT2D eigenvalue weighted by Gasteiger charge is -2.13. The minimum absolute atomic E-state index is 0.111. The molecule has 7 heteroatoms. The second-order valence-electron chi connectivity index (χ2n) is 5.15. The summed E-state index contributed by atoms with van der Waals surface area (Å²) in [5.74, 6) is 2.11. The van der Waals surface area contributed by atoms with Crippen LogP contribution in [0.1, 0.15) is 0 Å². The summed E-state index contributed by atoms with van der Waals surface area (Å²) in [6.45, 7) is 0.111. The molecule has 2 aromatic carbocycles. The van der Waals surface area contributed by atoms with E-state index in [0.29, 0.717) is 39.7 Å². The number of fused-ring (bicyclic) bond motifs is 3. The Labute approximate surface area is 136 Å². The van der Waals surface area contributed by atoms with Crippen molar-refractivity contribution < 1.29 is 28.1 Å². The zero-order valence-electron chi connectivity index (χ0n) is 13.3. The van der Waals surface area contributed by atoms with Gasteiger partial charge in [-0.2, -0.15) is 0 Å². The van der Waals surface area contributed by atoms with Gasteiger partial charge < -0.3 is 28.1 Å². The minimum Gasteiger partial charge on any atom is -0.496 e. The Morgan fingerprint density at radius 3 is 2.29 bits per heavy atom. The first-order valence-corrected chi connectivity index (χ1v) is 7.17. The van der Waals surface area contributed by atoms with Crippen LogP contribution in [0.3, 0.4) is 0 Å². The fraction of sp³-hybridized carbons (Fsp3) is 0.235. The molecule has 0 unspecified atom stereocenters. The lowest BCUT2D eigenvalue weighted by Crippen LogP contribution is -2.06. The summed E-state index contributed by atoms with van der Waals surface area (Å²) in [6.07, 6.45) is 0. The van der Waals surface area contributed by atoms with Crippen molar-refractivity contribution in [3.63, 3.8) is 0 Å². The third-order valence-corrected chi connectivity index (χ3v) is 3.97. The van der Waals surface area contributed by atoms with Crippen molar-refractivity contribution in [2.24, 2.45) is 0 Å². The summed E-state index contributed by atoms with van der Waals surface area (Å²) in [5, 5.41) is 0.652. The third-order valence-electron chi connectivity index (χ3n) is 3.97. The van der Waals surface area contributed by atoms with Crippen LogP contribution in [0.4, 0.5) is 0 Å². The highest BCUT2D eigenvalue weighted by Gasteiger charge is 2.23. The van der Waals surface area contributed by atoms with Crippen LogP contribution in [-0.4, -0.2) is 28.1 Å². The quantitative estimate of drug-likeness (QED) is 0.683. The zero-order chi connectivity index (χ0) is 16.8. The smallest absolute Gasteiger partial charge is 0.231 e. The van der Waals surface area contributed by atoms with Gasteiger partial charge in [-0.25, -0.2) is 0 Å². The molecule has 0 N–H and O–H groups in total. The summed E-state index contributed by atoms with van der Waals surface area (Å²) in [4.78, 5) is 13.0. The van der Waals surface area contributed by atoms with Gasteiger partial charge >= 0.3 is 0 Å². The lowest BCUT2D eigenvalue weighted by molar-refractivity contribution is 0.174. The van der Waals surface area contributed by atoms with Gasteiger partial charge in [0, 0.05) is 12.1 Å². The van der Waals surface area contributed by atoms with Crippen LogP contribution >= 0.6 is 0 Å². The number of rotatable bonds is 3. The highest BCUT2D eigenvalue weighted by atomic mass is 16.7. The van der Waals surface area contributed by atoms with E-state index in [4.69, 9.17) is 28.1 Å². The molecule has 4 rings (SSSR count). The molecular weight excluding hydrogens is 316 g/mol. The summed E-state index contributed by atoms with van der Waals surface area (Å²) in [6, 6.07) is 4.83. The Bertz CT molecular complexity index is 1020. The molecule has 2 heterocycles. The molecule has 7 nitrogen and oxygen atoms in total. The van der Waals surface area contributed by atoms with Crippen LogP contribution in [0.2, 0.25) is 0 Å². The van der Waals surface area contributed by atoms with E-state index in [2.05, 4.69) is 0 Å². The average molecular weight is 330 g/mol. The molecule has 0 aliphatic carbocycles. The molecule has 124 valence electrons. The van der Waals surface area contributed by atoms with Crippen molar-refractivity contribution >= 4 is 21.9 Å². The minimum atomic E-state index is -0.248. The monoisotopic (exact) mass is 330 g/mol. The van der Waals surface area contributed by atoms with Gasteiger partial charge in [0.25, 0.3) is 0 Å². The van der Waals surface area contributed by atoms with Gasteiger partial charge in [-0.05, 0) is 6.07 Å². The number of ether oxygens (including phenoxy) is 5. The standard InChI is InChI=1S/C17H14O7/c1-19-12-6-13(20-2)16(21-3)17-14(12)15(18)8-4-10-11(23-7-22-10)5-9(8)24-17/h4-6H,7H2,1-3H3. The molecule has 0 bridgehead atoms. The van der Waals surface area contributed by atoms with Crippen molar-refractivity contribution in [1.82, 2.24) is 0 Å². The number of hydrogen-bond donors (Lipinski definition) is 0. The Hall–Kier alpha value is -3.09. The van der Waals surface area contributed by atoms with E-state index in [1.807, 2.05) is 0 Å². The molecule has 1 aliphatic heterocycles. The second-order valence-corrected chi connectivity index (χ2v) is 5.15. The van der Waals surface area contributed by atoms with E-state index >= 15 is 0 Å². The maximum atomic E-state index is 13.0. The molecule has 24 heavy (non-hydrogen) atoms. The maximum Gasteiger partial charge on any atom is 0.231 e. The van der Waals surface area contributed by atoms with Crippen molar-refractivity contribution in [3.05, 3.63) is 28.4 Å². The van der Waals surface area contributed by atoms with Crippen molar-refractivity contribution in [2.75, 3.05) is 28.1 Å². The molecule has 0 amide bonds. The van der Waals surface area contributed by atoms with Gasteiger partial charge in [0.2, 0.25) is 18.0 Å². The van der Waals surface area contributed by atoms with Crippen LogP contribution in [0, 0.1) is 0 Å². The van der Waals surface area contributed by atoms with E-state index in [-0.39, 0.29) is 23.2 Å². The second kappa shape index (κ2) is 5.23. The van der Waals surface area contributed by atoms with E-state index in [1.54, 1.807) is 18.2 Å². The topological polar surface area (TPSA) is 76.4 Å². The largest absolute Gasteiger partial charge is 0.496 e. The van der Waals surface area contributed by atoms with Crippen LogP contribution in [-0.2, 0) is 0 Å². The predicted molar refractivity (Wildman–Crippen MR) is 85.8 cm³/mol. The van der Waals surface area contributed by atoms with Crippen molar-refractivity contribution in [3.8, 4) is 28.7 Å². The van der Waals surface area contributed by atoms with E-state index in [9.17, 15) is 4.79 Å². The predicted octanol–water partition coefficient (Wildman–Crippen LogP) is 2.70. The Balaban J connectivity index is 2.20. The summed E-state index contributed by atoms with van der Waals surface area (Å²) < 4.78 is 32.6. The first-order valence-electron chi connectivity index (χ1n) is 7.17. The molecule has 1 aliphatic rings. The van der Waals surface area contributed by atoms with Crippen molar-refractivity contribution in [2.45, 2.75) is 0 Å².